The average molecular weight is 142 g/mol. The summed E-state index contributed by atoms with van der Waals surface area (Å²) in [5.41, 5.74) is 0. The van der Waals surface area contributed by atoms with E-state index in [-0.39, 0.29) is 7.92 Å². The van der Waals surface area contributed by atoms with Gasteiger partial charge in [-0.25, -0.2) is 0 Å². The van der Waals surface area contributed by atoms with Gasteiger partial charge < -0.3 is 0 Å². The zero-order chi connectivity index (χ0) is 6.69. The topological polar surface area (TPSA) is 17.1 Å². The largest absolute Gasteiger partial charge is 0.294 e. The Balaban J connectivity index is 2.32. The van der Waals surface area contributed by atoms with Gasteiger partial charge in [0.25, 0.3) is 0 Å². The smallest absolute Gasteiger partial charge is 0.160 e. The summed E-state index contributed by atoms with van der Waals surface area (Å²) >= 11 is 0. The van der Waals surface area contributed by atoms with Crippen LogP contribution < -0.4 is 0 Å². The Labute approximate surface area is 56.9 Å². The van der Waals surface area contributed by atoms with Gasteiger partial charge in [0.2, 0.25) is 0 Å². The number of allylic oxidation sites excluding steroid dienone is 1. The Bertz CT molecular complexity index is 140. The molecule has 0 amide bonds. The number of hydrogen-bond acceptors (Lipinski definition) is 1. The van der Waals surface area contributed by atoms with Crippen LogP contribution >= 0.6 is 7.92 Å². The fraction of sp³-hybridized carbons (Fsp3) is 0.571. The molecule has 0 saturated heterocycles. The lowest BCUT2D eigenvalue weighted by Gasteiger charge is -2.01. The van der Waals surface area contributed by atoms with Gasteiger partial charge in [-0.2, -0.15) is 0 Å². The van der Waals surface area contributed by atoms with Gasteiger partial charge in [0.1, 0.15) is 0 Å². The monoisotopic (exact) mass is 142 g/mol. The molecule has 0 aromatic heterocycles. The van der Waals surface area contributed by atoms with Crippen LogP contribution in [0.1, 0.15) is 13.3 Å². The summed E-state index contributed by atoms with van der Waals surface area (Å²) in [6.07, 6.45) is 5.01. The van der Waals surface area contributed by atoms with E-state index in [2.05, 4.69) is 12.7 Å². The van der Waals surface area contributed by atoms with Crippen molar-refractivity contribution in [3.8, 4) is 0 Å². The quantitative estimate of drug-likeness (QED) is 0.539. The van der Waals surface area contributed by atoms with E-state index < -0.39 is 0 Å². The summed E-state index contributed by atoms with van der Waals surface area (Å²) in [6, 6.07) is 0. The standard InChI is InChI=1S/C7H11OP/c1-2-4-9-5-3-7(8)6-9/h3,5H,2,4,6H2,1H3. The van der Waals surface area contributed by atoms with Gasteiger partial charge >= 0.3 is 0 Å². The molecule has 1 aliphatic heterocycles. The van der Waals surface area contributed by atoms with Gasteiger partial charge in [-0.1, -0.05) is 27.1 Å². The molecule has 0 fully saturated rings. The number of rotatable bonds is 2. The molecule has 1 heterocycles. The molecule has 1 unspecified atom stereocenters. The van der Waals surface area contributed by atoms with Gasteiger partial charge in [0, 0.05) is 6.16 Å². The highest BCUT2D eigenvalue weighted by Gasteiger charge is 2.12. The lowest BCUT2D eigenvalue weighted by atomic mass is 10.5. The molecule has 0 aromatic carbocycles. The third kappa shape index (κ3) is 1.91. The van der Waals surface area contributed by atoms with Crippen molar-refractivity contribution in [2.45, 2.75) is 13.3 Å². The maximum absolute atomic E-state index is 10.7. The summed E-state index contributed by atoms with van der Waals surface area (Å²) in [5.74, 6) is 2.43. The summed E-state index contributed by atoms with van der Waals surface area (Å²) in [4.78, 5) is 10.7. The molecule has 0 spiro atoms. The number of hydrogen-bond donors (Lipinski definition) is 0. The zero-order valence-electron chi connectivity index (χ0n) is 5.63. The number of ketones is 1. The lowest BCUT2D eigenvalue weighted by molar-refractivity contribution is -0.112. The van der Waals surface area contributed by atoms with Crippen LogP contribution in [0.25, 0.3) is 0 Å². The molecule has 1 nitrogen and oxygen atoms in total. The summed E-state index contributed by atoms with van der Waals surface area (Å²) in [5, 5.41) is 0. The summed E-state index contributed by atoms with van der Waals surface area (Å²) < 4.78 is 0. The average Bonchev–Trinajstić information content (AvgIpc) is 2.17. The second kappa shape index (κ2) is 3.12. The fourth-order valence-corrected chi connectivity index (χ4v) is 2.80. The maximum Gasteiger partial charge on any atom is 0.160 e. The van der Waals surface area contributed by atoms with Crippen LogP contribution in [-0.4, -0.2) is 18.1 Å². The first-order valence-corrected chi connectivity index (χ1v) is 5.06. The molecule has 1 atom stereocenters. The SMILES string of the molecule is CCCP1C=CC(=O)C1. The number of carbonyl (C=O) groups is 1. The molecule has 50 valence electrons. The molecule has 0 radical (unpaired) electrons. The maximum atomic E-state index is 10.7. The molecule has 9 heavy (non-hydrogen) atoms. The van der Waals surface area contributed by atoms with Gasteiger partial charge in [-0.15, -0.1) is 0 Å². The molecule has 2 heteroatoms. The highest BCUT2D eigenvalue weighted by atomic mass is 31.1. The van der Waals surface area contributed by atoms with Crippen molar-refractivity contribution >= 4 is 13.7 Å². The van der Waals surface area contributed by atoms with Crippen LogP contribution in [0.4, 0.5) is 0 Å². The van der Waals surface area contributed by atoms with Crippen LogP contribution in [0.15, 0.2) is 11.9 Å². The molecular weight excluding hydrogens is 131 g/mol. The van der Waals surface area contributed by atoms with Crippen molar-refractivity contribution in [3.63, 3.8) is 0 Å². The predicted molar refractivity (Wildman–Crippen MR) is 41.1 cm³/mol. The zero-order valence-corrected chi connectivity index (χ0v) is 6.53. The summed E-state index contributed by atoms with van der Waals surface area (Å²) in [6.45, 7) is 2.17. The fourth-order valence-electron chi connectivity index (χ4n) is 0.935. The van der Waals surface area contributed by atoms with E-state index in [0.717, 1.165) is 6.16 Å². The van der Waals surface area contributed by atoms with E-state index in [1.165, 1.54) is 12.6 Å². The Morgan fingerprint density at radius 3 is 3.00 bits per heavy atom. The van der Waals surface area contributed by atoms with Crippen molar-refractivity contribution < 1.29 is 4.79 Å². The first kappa shape index (κ1) is 6.95. The van der Waals surface area contributed by atoms with E-state index in [1.807, 2.05) is 0 Å². The molecule has 0 saturated carbocycles. The van der Waals surface area contributed by atoms with E-state index in [4.69, 9.17) is 0 Å². The van der Waals surface area contributed by atoms with E-state index in [1.54, 1.807) is 6.08 Å². The van der Waals surface area contributed by atoms with Crippen molar-refractivity contribution in [2.75, 3.05) is 12.3 Å². The second-order valence-corrected chi connectivity index (χ2v) is 4.49. The van der Waals surface area contributed by atoms with E-state index >= 15 is 0 Å². The van der Waals surface area contributed by atoms with Crippen LogP contribution in [-0.2, 0) is 4.79 Å². The van der Waals surface area contributed by atoms with Crippen LogP contribution in [0.2, 0.25) is 0 Å². The minimum atomic E-state index is -0.0147. The molecule has 1 aliphatic rings. The third-order valence-corrected chi connectivity index (χ3v) is 3.65. The molecule has 1 rings (SSSR count). The minimum Gasteiger partial charge on any atom is -0.294 e. The first-order chi connectivity index (χ1) is 4.33. The first-order valence-electron chi connectivity index (χ1n) is 3.28. The van der Waals surface area contributed by atoms with Crippen LogP contribution in [0.3, 0.4) is 0 Å². The normalized spacial score (nSPS) is 25.4. The Hall–Kier alpha value is -0.160. The predicted octanol–water partition coefficient (Wildman–Crippen LogP) is 1.97. The third-order valence-electron chi connectivity index (χ3n) is 1.34. The highest BCUT2D eigenvalue weighted by Crippen LogP contribution is 2.41. The van der Waals surface area contributed by atoms with Gasteiger partial charge in [0.05, 0.1) is 0 Å². The van der Waals surface area contributed by atoms with Crippen molar-refractivity contribution in [1.29, 1.82) is 0 Å². The Morgan fingerprint density at radius 1 is 1.78 bits per heavy atom. The summed E-state index contributed by atoms with van der Waals surface area (Å²) in [7, 11) is -0.0147. The van der Waals surface area contributed by atoms with E-state index in [0.29, 0.717) is 5.78 Å². The molecule has 0 aliphatic carbocycles. The van der Waals surface area contributed by atoms with Crippen molar-refractivity contribution in [1.82, 2.24) is 0 Å². The van der Waals surface area contributed by atoms with Crippen LogP contribution in [0, 0.1) is 0 Å². The van der Waals surface area contributed by atoms with Gasteiger partial charge in [-0.05, 0) is 12.2 Å². The Kier molecular flexibility index (Phi) is 2.41. The molecule has 0 bridgehead atoms. The molecular formula is C7H11OP. The highest BCUT2D eigenvalue weighted by molar-refractivity contribution is 7.62. The van der Waals surface area contributed by atoms with Crippen LogP contribution in [0.5, 0.6) is 0 Å². The lowest BCUT2D eigenvalue weighted by Crippen LogP contribution is -1.91. The number of carbonyl (C=O) groups excluding carboxylic acids is 1. The van der Waals surface area contributed by atoms with Gasteiger partial charge in [-0.3, -0.25) is 4.79 Å². The van der Waals surface area contributed by atoms with E-state index in [9.17, 15) is 4.79 Å². The molecule has 0 aromatic rings. The minimum absolute atomic E-state index is 0.0147. The van der Waals surface area contributed by atoms with Crippen molar-refractivity contribution in [2.24, 2.45) is 0 Å². The molecule has 0 N–H and O–H groups in total. The van der Waals surface area contributed by atoms with Crippen molar-refractivity contribution in [3.05, 3.63) is 11.9 Å². The van der Waals surface area contributed by atoms with Gasteiger partial charge in [0.15, 0.2) is 5.78 Å². The Morgan fingerprint density at radius 2 is 2.56 bits per heavy atom. The second-order valence-electron chi connectivity index (χ2n) is 2.25.